The summed E-state index contributed by atoms with van der Waals surface area (Å²) in [4.78, 5) is 4.57. The molecule has 0 bridgehead atoms. The van der Waals surface area contributed by atoms with Gasteiger partial charge in [-0.1, -0.05) is 66.3 Å². The second-order valence-electron chi connectivity index (χ2n) is 5.31. The van der Waals surface area contributed by atoms with E-state index in [4.69, 9.17) is 4.74 Å². The van der Waals surface area contributed by atoms with Gasteiger partial charge in [0, 0.05) is 12.0 Å². The third-order valence-electron chi connectivity index (χ3n) is 3.54. The van der Waals surface area contributed by atoms with Crippen LogP contribution in [-0.4, -0.2) is 12.5 Å². The number of rotatable bonds is 3. The van der Waals surface area contributed by atoms with Gasteiger partial charge in [-0.2, -0.15) is 0 Å². The number of ether oxygens (including phenoxy) is 1. The molecule has 2 aromatic carbocycles. The van der Waals surface area contributed by atoms with Crippen molar-refractivity contribution >= 4 is 17.7 Å². The standard InChI is InChI=1S/C20H19NO/c1-16-10-12-17(13-11-16)6-5-7-18-14-15-22-20(18)21-19-8-3-2-4-9-19/h2-13H,14-15H2,1H3/b6-5+,18-7+,21-20?. The summed E-state index contributed by atoms with van der Waals surface area (Å²) in [5, 5.41) is 0. The Bertz CT molecular complexity index is 709. The van der Waals surface area contributed by atoms with E-state index in [-0.39, 0.29) is 0 Å². The molecule has 1 aliphatic heterocycles. The van der Waals surface area contributed by atoms with Gasteiger partial charge >= 0.3 is 0 Å². The van der Waals surface area contributed by atoms with Gasteiger partial charge in [-0.15, -0.1) is 0 Å². The minimum Gasteiger partial charge on any atom is -0.477 e. The van der Waals surface area contributed by atoms with Gasteiger partial charge in [0.1, 0.15) is 0 Å². The first-order valence-corrected chi connectivity index (χ1v) is 7.52. The lowest BCUT2D eigenvalue weighted by atomic mass is 10.1. The molecule has 1 saturated heterocycles. The van der Waals surface area contributed by atoms with Crippen molar-refractivity contribution < 1.29 is 4.74 Å². The van der Waals surface area contributed by atoms with Crippen LogP contribution < -0.4 is 0 Å². The van der Waals surface area contributed by atoms with Crippen LogP contribution in [0.1, 0.15) is 17.5 Å². The van der Waals surface area contributed by atoms with Crippen LogP contribution in [0.25, 0.3) is 6.08 Å². The van der Waals surface area contributed by atoms with Gasteiger partial charge in [0.15, 0.2) is 0 Å². The molecule has 1 aliphatic rings. The molecule has 1 fully saturated rings. The van der Waals surface area contributed by atoms with Gasteiger partial charge in [0.25, 0.3) is 0 Å². The van der Waals surface area contributed by atoms with Gasteiger partial charge < -0.3 is 4.74 Å². The SMILES string of the molecule is Cc1ccc(/C=C/C=C2\CCOC2=Nc2ccccc2)cc1. The van der Waals surface area contributed by atoms with Crippen molar-refractivity contribution in [3.05, 3.63) is 83.4 Å². The Morgan fingerprint density at radius 1 is 1.00 bits per heavy atom. The molecule has 0 atom stereocenters. The summed E-state index contributed by atoms with van der Waals surface area (Å²) in [6.07, 6.45) is 7.17. The molecule has 0 amide bonds. The lowest BCUT2D eigenvalue weighted by Crippen LogP contribution is -1.95. The maximum Gasteiger partial charge on any atom is 0.217 e. The molecule has 0 unspecified atom stereocenters. The first kappa shape index (κ1) is 14.3. The van der Waals surface area contributed by atoms with Crippen molar-refractivity contribution in [2.75, 3.05) is 6.61 Å². The number of hydrogen-bond donors (Lipinski definition) is 0. The van der Waals surface area contributed by atoms with E-state index < -0.39 is 0 Å². The summed E-state index contributed by atoms with van der Waals surface area (Å²) in [7, 11) is 0. The van der Waals surface area contributed by atoms with Crippen LogP contribution >= 0.6 is 0 Å². The number of nitrogens with zero attached hydrogens (tertiary/aromatic N) is 1. The first-order chi connectivity index (χ1) is 10.8. The first-order valence-electron chi connectivity index (χ1n) is 7.52. The summed E-state index contributed by atoms with van der Waals surface area (Å²) in [6.45, 7) is 2.80. The molecule has 110 valence electrons. The van der Waals surface area contributed by atoms with E-state index in [1.807, 2.05) is 30.3 Å². The molecular formula is C20H19NO. The number of aryl methyl sites for hydroxylation is 1. The third kappa shape index (κ3) is 3.73. The quantitative estimate of drug-likeness (QED) is 0.771. The van der Waals surface area contributed by atoms with E-state index in [1.54, 1.807) is 0 Å². The molecule has 2 nitrogen and oxygen atoms in total. The molecule has 0 aliphatic carbocycles. The van der Waals surface area contributed by atoms with Crippen LogP contribution in [0.2, 0.25) is 0 Å². The zero-order valence-corrected chi connectivity index (χ0v) is 12.7. The molecule has 0 radical (unpaired) electrons. The summed E-state index contributed by atoms with van der Waals surface area (Å²) in [6, 6.07) is 18.4. The smallest absolute Gasteiger partial charge is 0.217 e. The number of aliphatic imine (C=N–C) groups is 1. The summed E-state index contributed by atoms with van der Waals surface area (Å²) >= 11 is 0. The third-order valence-corrected chi connectivity index (χ3v) is 3.54. The van der Waals surface area contributed by atoms with E-state index >= 15 is 0 Å². The summed E-state index contributed by atoms with van der Waals surface area (Å²) in [5.41, 5.74) is 4.54. The van der Waals surface area contributed by atoms with E-state index in [9.17, 15) is 0 Å². The van der Waals surface area contributed by atoms with Crippen molar-refractivity contribution in [3.63, 3.8) is 0 Å². The fourth-order valence-corrected chi connectivity index (χ4v) is 2.29. The Morgan fingerprint density at radius 2 is 1.77 bits per heavy atom. The minimum absolute atomic E-state index is 0.704. The molecule has 22 heavy (non-hydrogen) atoms. The largest absolute Gasteiger partial charge is 0.477 e. The minimum atomic E-state index is 0.704. The highest BCUT2D eigenvalue weighted by Crippen LogP contribution is 2.20. The van der Waals surface area contributed by atoms with Crippen LogP contribution in [0, 0.1) is 6.92 Å². The fourth-order valence-electron chi connectivity index (χ4n) is 2.29. The monoisotopic (exact) mass is 289 g/mol. The molecule has 0 N–H and O–H groups in total. The Morgan fingerprint density at radius 3 is 2.55 bits per heavy atom. The molecule has 2 heteroatoms. The fraction of sp³-hybridized carbons (Fsp3) is 0.150. The molecule has 0 saturated carbocycles. The number of para-hydroxylation sites is 1. The van der Waals surface area contributed by atoms with Crippen molar-refractivity contribution in [3.8, 4) is 0 Å². The van der Waals surface area contributed by atoms with Crippen molar-refractivity contribution in [2.24, 2.45) is 4.99 Å². The predicted octanol–water partition coefficient (Wildman–Crippen LogP) is 5.09. The second-order valence-corrected chi connectivity index (χ2v) is 5.31. The maximum atomic E-state index is 5.64. The zero-order valence-electron chi connectivity index (χ0n) is 12.7. The Balaban J connectivity index is 1.75. The Labute approximate surface area is 131 Å². The highest BCUT2D eigenvalue weighted by atomic mass is 16.5. The molecular weight excluding hydrogens is 270 g/mol. The highest BCUT2D eigenvalue weighted by Gasteiger charge is 2.15. The van der Waals surface area contributed by atoms with Crippen LogP contribution in [0.15, 0.2) is 77.3 Å². The van der Waals surface area contributed by atoms with E-state index in [0.717, 1.165) is 23.6 Å². The van der Waals surface area contributed by atoms with Gasteiger partial charge in [0.05, 0.1) is 12.3 Å². The van der Waals surface area contributed by atoms with Crippen LogP contribution in [0.5, 0.6) is 0 Å². The molecule has 0 aromatic heterocycles. The van der Waals surface area contributed by atoms with Crippen molar-refractivity contribution in [1.29, 1.82) is 0 Å². The highest BCUT2D eigenvalue weighted by molar-refractivity contribution is 5.97. The molecule has 1 heterocycles. The van der Waals surface area contributed by atoms with Crippen LogP contribution in [-0.2, 0) is 4.74 Å². The van der Waals surface area contributed by atoms with Gasteiger partial charge in [-0.3, -0.25) is 0 Å². The molecule has 3 rings (SSSR count). The second kappa shape index (κ2) is 6.90. The topological polar surface area (TPSA) is 21.6 Å². The van der Waals surface area contributed by atoms with Gasteiger partial charge in [-0.05, 0) is 24.6 Å². The van der Waals surface area contributed by atoms with Crippen molar-refractivity contribution in [2.45, 2.75) is 13.3 Å². The van der Waals surface area contributed by atoms with E-state index in [1.165, 1.54) is 11.1 Å². The Kier molecular flexibility index (Phi) is 4.50. The average molecular weight is 289 g/mol. The summed E-state index contributed by atoms with van der Waals surface area (Å²) in [5.74, 6) is 0.736. The van der Waals surface area contributed by atoms with Gasteiger partial charge in [0.2, 0.25) is 5.90 Å². The van der Waals surface area contributed by atoms with Gasteiger partial charge in [-0.25, -0.2) is 4.99 Å². The maximum absolute atomic E-state index is 5.64. The zero-order chi connectivity index (χ0) is 15.2. The van der Waals surface area contributed by atoms with E-state index in [2.05, 4.69) is 54.4 Å². The Hall–Kier alpha value is -2.61. The van der Waals surface area contributed by atoms with Crippen molar-refractivity contribution in [1.82, 2.24) is 0 Å². The normalized spacial score (nSPS) is 18.2. The van der Waals surface area contributed by atoms with Crippen LogP contribution in [0.4, 0.5) is 5.69 Å². The number of hydrogen-bond acceptors (Lipinski definition) is 2. The molecule has 0 spiro atoms. The van der Waals surface area contributed by atoms with E-state index in [0.29, 0.717) is 6.61 Å². The lowest BCUT2D eigenvalue weighted by Gasteiger charge is -1.99. The molecule has 2 aromatic rings. The lowest BCUT2D eigenvalue weighted by molar-refractivity contribution is 0.344. The van der Waals surface area contributed by atoms with Crippen LogP contribution in [0.3, 0.4) is 0 Å². The average Bonchev–Trinajstić information content (AvgIpc) is 2.98. The summed E-state index contributed by atoms with van der Waals surface area (Å²) < 4.78 is 5.64. The number of allylic oxidation sites excluding steroid dienone is 2. The number of benzene rings is 2. The predicted molar refractivity (Wildman–Crippen MR) is 92.4 cm³/mol.